The number of aryl methyl sites for hydroxylation is 1. The molecule has 0 bridgehead atoms. The van der Waals surface area contributed by atoms with E-state index in [-0.39, 0.29) is 6.04 Å². The average Bonchev–Trinajstić information content (AvgIpc) is 3.32. The molecule has 0 fully saturated rings. The van der Waals surface area contributed by atoms with Crippen LogP contribution in [-0.2, 0) is 13.0 Å². The third kappa shape index (κ3) is 3.04. The van der Waals surface area contributed by atoms with Crippen molar-refractivity contribution < 1.29 is 4.52 Å². The van der Waals surface area contributed by atoms with E-state index in [1.165, 1.54) is 0 Å². The van der Waals surface area contributed by atoms with Gasteiger partial charge in [-0.2, -0.15) is 4.98 Å². The topological polar surface area (TPSA) is 81.7 Å². The maximum atomic E-state index is 5.39. The summed E-state index contributed by atoms with van der Waals surface area (Å²) in [6.07, 6.45) is 3.93. The minimum atomic E-state index is 0.0403. The molecule has 1 N–H and O–H groups in total. The van der Waals surface area contributed by atoms with Crippen LogP contribution in [0.25, 0.3) is 10.7 Å². The number of hydrogen-bond donors (Lipinski definition) is 1. The Hall–Kier alpha value is -2.06. The summed E-state index contributed by atoms with van der Waals surface area (Å²) in [5.74, 6) is 2.96. The van der Waals surface area contributed by atoms with E-state index in [0.29, 0.717) is 17.6 Å². The van der Waals surface area contributed by atoms with E-state index in [4.69, 9.17) is 4.52 Å². The lowest BCUT2D eigenvalue weighted by Crippen LogP contribution is -2.31. The first kappa shape index (κ1) is 14.5. The van der Waals surface area contributed by atoms with Gasteiger partial charge in [-0.05, 0) is 30.7 Å². The van der Waals surface area contributed by atoms with Gasteiger partial charge in [-0.1, -0.05) is 11.2 Å². The molecule has 23 heavy (non-hydrogen) atoms. The standard InChI is InChI=1S/C15H18N6OS/c1-10(15-18-14(20-22-15)12-3-2-6-23-12)16-7-11-4-5-13-19-17-9-21(13)8-11/h2-3,6,9-11,16H,4-5,7-8H2,1H3. The number of rotatable bonds is 5. The van der Waals surface area contributed by atoms with Crippen molar-refractivity contribution in [3.05, 3.63) is 35.6 Å². The number of aromatic nitrogens is 5. The van der Waals surface area contributed by atoms with Gasteiger partial charge in [0, 0.05) is 19.5 Å². The summed E-state index contributed by atoms with van der Waals surface area (Å²) in [5.41, 5.74) is 0. The van der Waals surface area contributed by atoms with Crippen molar-refractivity contribution >= 4 is 11.3 Å². The Labute approximate surface area is 137 Å². The molecule has 4 heterocycles. The Kier molecular flexibility index (Phi) is 3.92. The van der Waals surface area contributed by atoms with Crippen molar-refractivity contribution in [1.82, 2.24) is 30.2 Å². The second-order valence-corrected chi connectivity index (χ2v) is 6.82. The van der Waals surface area contributed by atoms with Gasteiger partial charge in [0.05, 0.1) is 10.9 Å². The zero-order chi connectivity index (χ0) is 15.6. The molecule has 0 saturated carbocycles. The number of nitrogens with zero attached hydrogens (tertiary/aromatic N) is 5. The Morgan fingerprint density at radius 2 is 2.48 bits per heavy atom. The molecule has 1 aliphatic rings. The lowest BCUT2D eigenvalue weighted by atomic mass is 9.99. The summed E-state index contributed by atoms with van der Waals surface area (Å²) in [6.45, 7) is 3.93. The third-order valence-corrected chi connectivity index (χ3v) is 5.06. The number of fused-ring (bicyclic) bond motifs is 1. The fraction of sp³-hybridized carbons (Fsp3) is 0.467. The zero-order valence-corrected chi connectivity index (χ0v) is 13.7. The quantitative estimate of drug-likeness (QED) is 0.773. The molecule has 0 aromatic carbocycles. The number of nitrogens with one attached hydrogen (secondary N) is 1. The molecule has 3 aromatic rings. The fourth-order valence-corrected chi connectivity index (χ4v) is 3.49. The highest BCUT2D eigenvalue weighted by Gasteiger charge is 2.21. The molecule has 0 amide bonds. The summed E-state index contributed by atoms with van der Waals surface area (Å²) in [6, 6.07) is 4.02. The van der Waals surface area contributed by atoms with Crippen LogP contribution in [0.5, 0.6) is 0 Å². The van der Waals surface area contributed by atoms with E-state index in [0.717, 1.165) is 36.6 Å². The van der Waals surface area contributed by atoms with Crippen LogP contribution >= 0.6 is 11.3 Å². The summed E-state index contributed by atoms with van der Waals surface area (Å²) in [5, 5.41) is 17.7. The second kappa shape index (κ2) is 6.21. The van der Waals surface area contributed by atoms with Crippen LogP contribution in [0.15, 0.2) is 28.4 Å². The van der Waals surface area contributed by atoms with Gasteiger partial charge in [0.15, 0.2) is 0 Å². The smallest absolute Gasteiger partial charge is 0.243 e. The molecule has 8 heteroatoms. The Bertz CT molecular complexity index is 765. The molecule has 2 unspecified atom stereocenters. The summed E-state index contributed by atoms with van der Waals surface area (Å²) in [4.78, 5) is 5.52. The molecule has 2 atom stereocenters. The lowest BCUT2D eigenvalue weighted by Gasteiger charge is -2.24. The van der Waals surface area contributed by atoms with Crippen LogP contribution in [-0.4, -0.2) is 31.4 Å². The predicted molar refractivity (Wildman–Crippen MR) is 85.9 cm³/mol. The van der Waals surface area contributed by atoms with Crippen molar-refractivity contribution in [2.24, 2.45) is 5.92 Å². The molecule has 0 aliphatic carbocycles. The van der Waals surface area contributed by atoms with Crippen LogP contribution in [0, 0.1) is 5.92 Å². The van der Waals surface area contributed by atoms with Crippen LogP contribution in [0.4, 0.5) is 0 Å². The monoisotopic (exact) mass is 330 g/mol. The molecule has 7 nitrogen and oxygen atoms in total. The van der Waals surface area contributed by atoms with Gasteiger partial charge >= 0.3 is 0 Å². The van der Waals surface area contributed by atoms with Gasteiger partial charge < -0.3 is 14.4 Å². The van der Waals surface area contributed by atoms with Crippen molar-refractivity contribution in [2.45, 2.75) is 32.4 Å². The number of hydrogen-bond acceptors (Lipinski definition) is 7. The fourth-order valence-electron chi connectivity index (χ4n) is 2.84. The molecule has 120 valence electrons. The van der Waals surface area contributed by atoms with E-state index < -0.39 is 0 Å². The van der Waals surface area contributed by atoms with Crippen LogP contribution in [0.3, 0.4) is 0 Å². The van der Waals surface area contributed by atoms with Gasteiger partial charge in [0.25, 0.3) is 0 Å². The molecular formula is C15H18N6OS. The average molecular weight is 330 g/mol. The minimum Gasteiger partial charge on any atom is -0.337 e. The van der Waals surface area contributed by atoms with Crippen LogP contribution < -0.4 is 5.32 Å². The van der Waals surface area contributed by atoms with Crippen LogP contribution in [0.2, 0.25) is 0 Å². The van der Waals surface area contributed by atoms with E-state index in [1.54, 1.807) is 11.3 Å². The first-order valence-electron chi connectivity index (χ1n) is 7.77. The van der Waals surface area contributed by atoms with E-state index in [9.17, 15) is 0 Å². The Balaban J connectivity index is 1.35. The maximum Gasteiger partial charge on any atom is 0.243 e. The summed E-state index contributed by atoms with van der Waals surface area (Å²) in [7, 11) is 0. The first-order chi connectivity index (χ1) is 11.3. The predicted octanol–water partition coefficient (Wildman–Crippen LogP) is 2.30. The highest BCUT2D eigenvalue weighted by Crippen LogP contribution is 2.23. The Morgan fingerprint density at radius 3 is 3.35 bits per heavy atom. The van der Waals surface area contributed by atoms with Crippen molar-refractivity contribution in [2.75, 3.05) is 6.54 Å². The molecule has 4 rings (SSSR count). The van der Waals surface area contributed by atoms with Crippen LogP contribution in [0.1, 0.15) is 31.1 Å². The van der Waals surface area contributed by atoms with Gasteiger partial charge in [-0.3, -0.25) is 0 Å². The van der Waals surface area contributed by atoms with Gasteiger partial charge in [-0.25, -0.2) is 0 Å². The summed E-state index contributed by atoms with van der Waals surface area (Å²) < 4.78 is 7.53. The van der Waals surface area contributed by atoms with Crippen molar-refractivity contribution in [1.29, 1.82) is 0 Å². The summed E-state index contributed by atoms with van der Waals surface area (Å²) >= 11 is 1.61. The molecule has 0 saturated heterocycles. The van der Waals surface area contributed by atoms with Gasteiger partial charge in [-0.15, -0.1) is 21.5 Å². The molecule has 3 aromatic heterocycles. The molecule has 0 spiro atoms. The SMILES string of the molecule is CC(NCC1CCc2nncn2C1)c1nc(-c2cccs2)no1. The van der Waals surface area contributed by atoms with E-state index >= 15 is 0 Å². The molecular weight excluding hydrogens is 312 g/mol. The van der Waals surface area contributed by atoms with Gasteiger partial charge in [0.1, 0.15) is 12.2 Å². The third-order valence-electron chi connectivity index (χ3n) is 4.19. The Morgan fingerprint density at radius 1 is 1.52 bits per heavy atom. The first-order valence-corrected chi connectivity index (χ1v) is 8.65. The second-order valence-electron chi connectivity index (χ2n) is 5.87. The highest BCUT2D eigenvalue weighted by molar-refractivity contribution is 7.13. The molecule has 0 radical (unpaired) electrons. The molecule has 1 aliphatic heterocycles. The van der Waals surface area contributed by atoms with E-state index in [2.05, 4.69) is 37.1 Å². The van der Waals surface area contributed by atoms with Crippen molar-refractivity contribution in [3.63, 3.8) is 0 Å². The lowest BCUT2D eigenvalue weighted by molar-refractivity contribution is 0.302. The number of thiophene rings is 1. The zero-order valence-electron chi connectivity index (χ0n) is 12.8. The maximum absolute atomic E-state index is 5.39. The van der Waals surface area contributed by atoms with Crippen molar-refractivity contribution in [3.8, 4) is 10.7 Å². The largest absolute Gasteiger partial charge is 0.337 e. The normalized spacial score (nSPS) is 18.7. The van der Waals surface area contributed by atoms with Gasteiger partial charge in [0.2, 0.25) is 11.7 Å². The highest BCUT2D eigenvalue weighted by atomic mass is 32.1. The van der Waals surface area contributed by atoms with E-state index in [1.807, 2.05) is 23.8 Å². The minimum absolute atomic E-state index is 0.0403.